The summed E-state index contributed by atoms with van der Waals surface area (Å²) < 4.78 is 5.48. The van der Waals surface area contributed by atoms with Gasteiger partial charge in [-0.05, 0) is 51.4 Å². The van der Waals surface area contributed by atoms with Gasteiger partial charge in [0.15, 0.2) is 0 Å². The summed E-state index contributed by atoms with van der Waals surface area (Å²) in [6.45, 7) is 4.94. The van der Waals surface area contributed by atoms with E-state index in [4.69, 9.17) is 4.74 Å². The molecule has 0 heterocycles. The highest BCUT2D eigenvalue weighted by Gasteiger charge is 2.20. The molecule has 1 amide bonds. The molecule has 0 aliphatic heterocycles. The highest BCUT2D eigenvalue weighted by atomic mass is 16.5. The van der Waals surface area contributed by atoms with Gasteiger partial charge in [0, 0.05) is 12.8 Å². The number of unbranched alkanes of at least 4 members (excludes halogenated alkanes) is 51. The fourth-order valence-corrected chi connectivity index (χ4v) is 11.1. The van der Waals surface area contributed by atoms with Crippen molar-refractivity contribution in [2.75, 3.05) is 13.2 Å². The average molecular weight is 1080 g/mol. The largest absolute Gasteiger partial charge is 0.466 e. The van der Waals surface area contributed by atoms with E-state index in [2.05, 4.69) is 43.5 Å². The Morgan fingerprint density at radius 1 is 0.364 bits per heavy atom. The molecule has 0 aliphatic rings. The number of hydrogen-bond acceptors (Lipinski definition) is 5. The second-order valence-corrected chi connectivity index (χ2v) is 24.2. The molecule has 0 spiro atoms. The maximum Gasteiger partial charge on any atom is 0.305 e. The molecule has 456 valence electrons. The third kappa shape index (κ3) is 63.4. The van der Waals surface area contributed by atoms with Crippen molar-refractivity contribution in [1.82, 2.24) is 5.32 Å². The first-order valence-corrected chi connectivity index (χ1v) is 35.1. The van der Waals surface area contributed by atoms with Gasteiger partial charge < -0.3 is 20.3 Å². The summed E-state index contributed by atoms with van der Waals surface area (Å²) in [6.07, 6.45) is 83.7. The molecule has 0 aromatic heterocycles. The molecule has 6 heteroatoms. The van der Waals surface area contributed by atoms with E-state index in [0.29, 0.717) is 25.9 Å². The summed E-state index contributed by atoms with van der Waals surface area (Å²) in [4.78, 5) is 24.6. The molecule has 0 fully saturated rings. The second-order valence-electron chi connectivity index (χ2n) is 24.2. The van der Waals surface area contributed by atoms with Crippen LogP contribution in [0.4, 0.5) is 0 Å². The molecule has 0 aromatic carbocycles. The van der Waals surface area contributed by atoms with Crippen molar-refractivity contribution in [2.45, 2.75) is 405 Å². The van der Waals surface area contributed by atoms with Gasteiger partial charge in [0.05, 0.1) is 25.4 Å². The van der Waals surface area contributed by atoms with Gasteiger partial charge >= 0.3 is 5.97 Å². The van der Waals surface area contributed by atoms with Crippen molar-refractivity contribution in [3.63, 3.8) is 0 Å². The van der Waals surface area contributed by atoms with E-state index < -0.39 is 12.1 Å². The van der Waals surface area contributed by atoms with Gasteiger partial charge in [-0.15, -0.1) is 0 Å². The average Bonchev–Trinajstić information content (AvgIpc) is 3.43. The number of aliphatic hydroxyl groups is 2. The zero-order chi connectivity index (χ0) is 55.7. The van der Waals surface area contributed by atoms with Crippen molar-refractivity contribution in [3.05, 3.63) is 24.3 Å². The predicted molar refractivity (Wildman–Crippen MR) is 338 cm³/mol. The molecule has 6 nitrogen and oxygen atoms in total. The molecule has 0 radical (unpaired) electrons. The first kappa shape index (κ1) is 75.3. The molecule has 77 heavy (non-hydrogen) atoms. The third-order valence-corrected chi connectivity index (χ3v) is 16.5. The minimum atomic E-state index is -0.661. The number of ether oxygens (including phenoxy) is 1. The molecular formula is C71H137NO5. The lowest BCUT2D eigenvalue weighted by Gasteiger charge is -2.22. The normalized spacial score (nSPS) is 12.6. The van der Waals surface area contributed by atoms with Crippen LogP contribution >= 0.6 is 0 Å². The monoisotopic (exact) mass is 1080 g/mol. The molecule has 2 unspecified atom stereocenters. The predicted octanol–water partition coefficient (Wildman–Crippen LogP) is 22.5. The fraction of sp³-hybridized carbons (Fsp3) is 0.915. The fourth-order valence-electron chi connectivity index (χ4n) is 11.1. The number of esters is 1. The van der Waals surface area contributed by atoms with E-state index in [1.54, 1.807) is 0 Å². The number of aliphatic hydroxyl groups excluding tert-OH is 2. The van der Waals surface area contributed by atoms with Gasteiger partial charge in [0.25, 0.3) is 0 Å². The minimum absolute atomic E-state index is 0.00651. The van der Waals surface area contributed by atoms with E-state index >= 15 is 0 Å². The topological polar surface area (TPSA) is 95.9 Å². The molecular weight excluding hydrogens is 947 g/mol. The van der Waals surface area contributed by atoms with Gasteiger partial charge in [-0.2, -0.15) is 0 Å². The van der Waals surface area contributed by atoms with E-state index in [1.807, 2.05) is 0 Å². The van der Waals surface area contributed by atoms with Crippen LogP contribution in [0.1, 0.15) is 393 Å². The summed E-state index contributed by atoms with van der Waals surface area (Å²) in [5.41, 5.74) is 0. The SMILES string of the molecule is CCCC/C=C\C/C=C\CCCCCCCC(=O)OCCCCCCCCCCCCCCCCCCCCCCCCCCCCCCCCCC(=O)NC(CO)C(O)CCCCCCCCCCCCCCCCC. The first-order chi connectivity index (χ1) is 38.0. The van der Waals surface area contributed by atoms with Gasteiger partial charge in [-0.3, -0.25) is 9.59 Å². The van der Waals surface area contributed by atoms with E-state index in [9.17, 15) is 19.8 Å². The van der Waals surface area contributed by atoms with Gasteiger partial charge in [0.2, 0.25) is 5.91 Å². The van der Waals surface area contributed by atoms with Crippen LogP contribution in [-0.2, 0) is 14.3 Å². The maximum atomic E-state index is 12.5. The van der Waals surface area contributed by atoms with E-state index in [1.165, 1.54) is 308 Å². The molecule has 0 aromatic rings. The molecule has 0 saturated heterocycles. The molecule has 0 rings (SSSR count). The Morgan fingerprint density at radius 2 is 0.662 bits per heavy atom. The smallest absolute Gasteiger partial charge is 0.305 e. The van der Waals surface area contributed by atoms with Crippen LogP contribution in [0, 0.1) is 0 Å². The molecule has 2 atom stereocenters. The van der Waals surface area contributed by atoms with Crippen LogP contribution in [0.3, 0.4) is 0 Å². The minimum Gasteiger partial charge on any atom is -0.466 e. The highest BCUT2D eigenvalue weighted by molar-refractivity contribution is 5.76. The first-order valence-electron chi connectivity index (χ1n) is 35.1. The van der Waals surface area contributed by atoms with Crippen LogP contribution in [0.25, 0.3) is 0 Å². The molecule has 0 bridgehead atoms. The van der Waals surface area contributed by atoms with Crippen molar-refractivity contribution in [3.8, 4) is 0 Å². The molecule has 0 saturated carbocycles. The highest BCUT2D eigenvalue weighted by Crippen LogP contribution is 2.19. The third-order valence-electron chi connectivity index (χ3n) is 16.5. The summed E-state index contributed by atoms with van der Waals surface area (Å²) in [5, 5.41) is 23.3. The van der Waals surface area contributed by atoms with Gasteiger partial charge in [0.1, 0.15) is 0 Å². The summed E-state index contributed by atoms with van der Waals surface area (Å²) in [7, 11) is 0. The van der Waals surface area contributed by atoms with Crippen LogP contribution < -0.4 is 5.32 Å². The Hall–Kier alpha value is -1.66. The van der Waals surface area contributed by atoms with Crippen molar-refractivity contribution < 1.29 is 24.5 Å². The molecule has 3 N–H and O–H groups in total. The number of nitrogens with one attached hydrogen (secondary N) is 1. The van der Waals surface area contributed by atoms with E-state index in [0.717, 1.165) is 51.4 Å². The number of carbonyl (C=O) groups excluding carboxylic acids is 2. The molecule has 0 aliphatic carbocycles. The number of rotatable bonds is 66. The lowest BCUT2D eigenvalue weighted by atomic mass is 10.0. The Kier molecular flexibility index (Phi) is 65.4. The van der Waals surface area contributed by atoms with Gasteiger partial charge in [-0.25, -0.2) is 0 Å². The summed E-state index contributed by atoms with van der Waals surface area (Å²) >= 11 is 0. The zero-order valence-electron chi connectivity index (χ0n) is 52.2. The lowest BCUT2D eigenvalue weighted by molar-refractivity contribution is -0.143. The van der Waals surface area contributed by atoms with Crippen molar-refractivity contribution >= 4 is 11.9 Å². The Bertz CT molecular complexity index is 1200. The number of carbonyl (C=O) groups is 2. The van der Waals surface area contributed by atoms with Gasteiger partial charge in [-0.1, -0.05) is 353 Å². The van der Waals surface area contributed by atoms with Crippen LogP contribution in [0.5, 0.6) is 0 Å². The van der Waals surface area contributed by atoms with Crippen LogP contribution in [-0.4, -0.2) is 47.4 Å². The number of amides is 1. The Labute approximate surface area is 481 Å². The maximum absolute atomic E-state index is 12.5. The quantitative estimate of drug-likeness (QED) is 0.0320. The van der Waals surface area contributed by atoms with Crippen LogP contribution in [0.15, 0.2) is 24.3 Å². The van der Waals surface area contributed by atoms with Crippen molar-refractivity contribution in [1.29, 1.82) is 0 Å². The summed E-state index contributed by atoms with van der Waals surface area (Å²) in [6, 6.07) is -0.537. The van der Waals surface area contributed by atoms with Crippen LogP contribution in [0.2, 0.25) is 0 Å². The second kappa shape index (κ2) is 66.8. The Balaban J connectivity index is 3.32. The Morgan fingerprint density at radius 3 is 1.03 bits per heavy atom. The zero-order valence-corrected chi connectivity index (χ0v) is 52.2. The summed E-state index contributed by atoms with van der Waals surface area (Å²) in [5.74, 6) is -0.0213. The van der Waals surface area contributed by atoms with E-state index in [-0.39, 0.29) is 18.5 Å². The number of allylic oxidation sites excluding steroid dienone is 4. The number of hydrogen-bond donors (Lipinski definition) is 3. The lowest BCUT2D eigenvalue weighted by Crippen LogP contribution is -2.45. The standard InChI is InChI=1S/C71H137NO5/c1-3-5-7-9-11-13-15-17-36-39-43-47-51-55-59-63-69(74)68(67-73)72-70(75)64-60-56-52-48-44-40-37-34-32-30-28-26-24-22-20-19-21-23-25-27-29-31-33-35-38-42-46-50-54-58-62-66-77-71(76)65-61-57-53-49-45-41-18-16-14-12-10-8-6-4-2/h10,12,16,18,68-69,73-74H,3-9,11,13-15,17,19-67H2,1-2H3,(H,72,75)/b12-10-,18-16-. The van der Waals surface area contributed by atoms with Crippen molar-refractivity contribution in [2.24, 2.45) is 0 Å².